The van der Waals surface area contributed by atoms with Crippen molar-refractivity contribution in [2.24, 2.45) is 4.99 Å². The minimum absolute atomic E-state index is 0.176. The predicted octanol–water partition coefficient (Wildman–Crippen LogP) is 12.8. The maximum Gasteiger partial charge on any atom is 0.132 e. The van der Waals surface area contributed by atoms with Crippen LogP contribution in [0.1, 0.15) is 54.0 Å². The zero-order valence-electron chi connectivity index (χ0n) is 32.5. The van der Waals surface area contributed by atoms with Crippen LogP contribution >= 0.6 is 0 Å². The SMILES string of the molecule is CC1(C)c2cc(-c3ccccc3)ccc2-c2c(C3=NC(c4ccc5c(c4)c4ccccc4n5-c4ccccc4)NC(c4ccccc4)N3)cc(-c3ccccc3)cc21. The third-order valence-corrected chi connectivity index (χ3v) is 12.3. The van der Waals surface area contributed by atoms with Crippen LogP contribution in [0.4, 0.5) is 0 Å². The van der Waals surface area contributed by atoms with Crippen molar-refractivity contribution < 1.29 is 0 Å². The van der Waals surface area contributed by atoms with Crippen molar-refractivity contribution in [1.29, 1.82) is 0 Å². The summed E-state index contributed by atoms with van der Waals surface area (Å²) in [6.45, 7) is 4.75. The van der Waals surface area contributed by atoms with Gasteiger partial charge in [-0.3, -0.25) is 5.32 Å². The van der Waals surface area contributed by atoms with Gasteiger partial charge in [-0.15, -0.1) is 0 Å². The number of aromatic nitrogens is 1. The number of amidine groups is 1. The van der Waals surface area contributed by atoms with Crippen molar-refractivity contribution in [3.8, 4) is 39.1 Å². The van der Waals surface area contributed by atoms with E-state index in [4.69, 9.17) is 4.99 Å². The van der Waals surface area contributed by atoms with Crippen molar-refractivity contribution >= 4 is 27.6 Å². The molecule has 278 valence electrons. The van der Waals surface area contributed by atoms with Crippen LogP contribution in [-0.2, 0) is 5.41 Å². The predicted molar refractivity (Wildman–Crippen MR) is 240 cm³/mol. The molecule has 0 fully saturated rings. The molecule has 58 heavy (non-hydrogen) atoms. The minimum Gasteiger partial charge on any atom is -0.350 e. The van der Waals surface area contributed by atoms with Crippen molar-refractivity contribution in [1.82, 2.24) is 15.2 Å². The molecule has 0 amide bonds. The number of para-hydroxylation sites is 2. The molecule has 2 unspecified atom stereocenters. The molecule has 0 saturated heterocycles. The standard InChI is InChI=1S/C54H42N4/c1-54(2)46-33-38(35-17-7-3-8-18-35)27-29-43(46)50-45(32-40(34-47(50)54)36-19-9-4-10-20-36)53-56-51(37-21-11-5-12-22-37)55-52(57-53)39-28-30-49-44(31-39)42-25-15-16-26-48(42)58(49)41-23-13-6-14-24-41/h3-34,51-52,55H,1-2H3,(H,56,57). The fourth-order valence-corrected chi connectivity index (χ4v) is 9.34. The zero-order chi connectivity index (χ0) is 38.8. The van der Waals surface area contributed by atoms with Gasteiger partial charge < -0.3 is 9.88 Å². The lowest BCUT2D eigenvalue weighted by molar-refractivity contribution is 0.409. The number of hydrogen-bond acceptors (Lipinski definition) is 3. The van der Waals surface area contributed by atoms with Crippen LogP contribution in [-0.4, -0.2) is 10.4 Å². The molecule has 0 spiro atoms. The topological polar surface area (TPSA) is 41.4 Å². The number of fused-ring (bicyclic) bond motifs is 6. The van der Waals surface area contributed by atoms with E-state index in [-0.39, 0.29) is 17.7 Å². The molecule has 8 aromatic carbocycles. The van der Waals surface area contributed by atoms with E-state index in [1.807, 2.05) is 0 Å². The second-order valence-electron chi connectivity index (χ2n) is 16.1. The molecule has 4 heteroatoms. The van der Waals surface area contributed by atoms with Crippen molar-refractivity contribution in [3.05, 3.63) is 222 Å². The van der Waals surface area contributed by atoms with Crippen molar-refractivity contribution in [3.63, 3.8) is 0 Å². The van der Waals surface area contributed by atoms with Crippen LogP contribution < -0.4 is 10.6 Å². The molecule has 2 atom stereocenters. The quantitative estimate of drug-likeness (QED) is 0.178. The average molecular weight is 747 g/mol. The highest BCUT2D eigenvalue weighted by atomic mass is 15.3. The van der Waals surface area contributed by atoms with Crippen LogP contribution in [0, 0.1) is 0 Å². The summed E-state index contributed by atoms with van der Waals surface area (Å²) in [6, 6.07) is 70.2. The lowest BCUT2D eigenvalue weighted by atomic mass is 9.80. The highest BCUT2D eigenvalue weighted by Crippen LogP contribution is 2.52. The van der Waals surface area contributed by atoms with Crippen LogP contribution in [0.2, 0.25) is 0 Å². The Bertz CT molecular complexity index is 3020. The summed E-state index contributed by atoms with van der Waals surface area (Å²) in [6.07, 6.45) is -0.486. The summed E-state index contributed by atoms with van der Waals surface area (Å²) in [5, 5.41) is 10.3. The average Bonchev–Trinajstić information content (AvgIpc) is 3.74. The molecule has 4 nitrogen and oxygen atoms in total. The van der Waals surface area contributed by atoms with Crippen molar-refractivity contribution in [2.45, 2.75) is 31.6 Å². The van der Waals surface area contributed by atoms with Gasteiger partial charge in [-0.1, -0.05) is 159 Å². The number of nitrogens with zero attached hydrogens (tertiary/aromatic N) is 2. The van der Waals surface area contributed by atoms with Gasteiger partial charge >= 0.3 is 0 Å². The maximum atomic E-state index is 5.64. The fraction of sp³-hybridized carbons (Fsp3) is 0.0926. The summed E-state index contributed by atoms with van der Waals surface area (Å²) in [4.78, 5) is 5.64. The fourth-order valence-electron chi connectivity index (χ4n) is 9.34. The molecule has 1 aromatic heterocycles. The van der Waals surface area contributed by atoms with Crippen LogP contribution in [0.15, 0.2) is 199 Å². The van der Waals surface area contributed by atoms with Crippen LogP contribution in [0.3, 0.4) is 0 Å². The van der Waals surface area contributed by atoms with E-state index < -0.39 is 0 Å². The van der Waals surface area contributed by atoms with Gasteiger partial charge in [0.05, 0.1) is 11.0 Å². The van der Waals surface area contributed by atoms with Gasteiger partial charge in [0.25, 0.3) is 0 Å². The van der Waals surface area contributed by atoms with E-state index in [1.165, 1.54) is 66.3 Å². The summed E-state index contributed by atoms with van der Waals surface area (Å²) in [5.74, 6) is 0.884. The second kappa shape index (κ2) is 13.6. The monoisotopic (exact) mass is 746 g/mol. The first-order chi connectivity index (χ1) is 28.5. The highest BCUT2D eigenvalue weighted by Gasteiger charge is 2.39. The lowest BCUT2D eigenvalue weighted by Gasteiger charge is -2.33. The van der Waals surface area contributed by atoms with Gasteiger partial charge in [-0.25, -0.2) is 4.99 Å². The van der Waals surface area contributed by atoms with Gasteiger partial charge in [0.1, 0.15) is 18.2 Å². The van der Waals surface area contributed by atoms with E-state index in [2.05, 4.69) is 223 Å². The summed E-state index contributed by atoms with van der Waals surface area (Å²) < 4.78 is 2.37. The Labute approximate surface area is 339 Å². The van der Waals surface area contributed by atoms with Gasteiger partial charge in [-0.2, -0.15) is 0 Å². The molecule has 2 heterocycles. The molecule has 2 aliphatic rings. The Morgan fingerprint density at radius 2 is 1.10 bits per heavy atom. The number of hydrogen-bond donors (Lipinski definition) is 2. The Morgan fingerprint density at radius 3 is 1.84 bits per heavy atom. The van der Waals surface area contributed by atoms with E-state index >= 15 is 0 Å². The molecule has 0 bridgehead atoms. The molecule has 2 N–H and O–H groups in total. The number of nitrogens with one attached hydrogen (secondary N) is 2. The van der Waals surface area contributed by atoms with E-state index in [0.717, 1.165) is 28.2 Å². The van der Waals surface area contributed by atoms with Gasteiger partial charge in [0.15, 0.2) is 0 Å². The maximum absolute atomic E-state index is 5.64. The third kappa shape index (κ3) is 5.60. The van der Waals surface area contributed by atoms with Gasteiger partial charge in [-0.05, 0) is 104 Å². The van der Waals surface area contributed by atoms with Crippen LogP contribution in [0.25, 0.3) is 60.9 Å². The summed E-state index contributed by atoms with van der Waals surface area (Å²) >= 11 is 0. The Balaban J connectivity index is 1.12. The van der Waals surface area contributed by atoms with E-state index in [1.54, 1.807) is 0 Å². The lowest BCUT2D eigenvalue weighted by Crippen LogP contribution is -2.45. The smallest absolute Gasteiger partial charge is 0.132 e. The Kier molecular flexibility index (Phi) is 8.02. The van der Waals surface area contributed by atoms with Gasteiger partial charge in [0, 0.05) is 27.4 Å². The first kappa shape index (κ1) is 34.3. The molecule has 0 saturated carbocycles. The molecule has 0 radical (unpaired) electrons. The largest absolute Gasteiger partial charge is 0.350 e. The van der Waals surface area contributed by atoms with E-state index in [9.17, 15) is 0 Å². The molecule has 11 rings (SSSR count). The first-order valence-corrected chi connectivity index (χ1v) is 20.2. The molecular weight excluding hydrogens is 705 g/mol. The molecule has 1 aliphatic carbocycles. The molecule has 9 aromatic rings. The second-order valence-corrected chi connectivity index (χ2v) is 16.1. The normalized spacial score (nSPS) is 16.8. The Morgan fingerprint density at radius 1 is 0.483 bits per heavy atom. The number of rotatable bonds is 6. The minimum atomic E-state index is -0.310. The van der Waals surface area contributed by atoms with Gasteiger partial charge in [0.2, 0.25) is 0 Å². The number of aliphatic imine (C=N–C) groups is 1. The molecule has 1 aliphatic heterocycles. The van der Waals surface area contributed by atoms with Crippen LogP contribution in [0.5, 0.6) is 0 Å². The molecular formula is C54H42N4. The summed E-state index contributed by atoms with van der Waals surface area (Å²) in [7, 11) is 0. The number of benzene rings is 8. The van der Waals surface area contributed by atoms with E-state index in [0.29, 0.717) is 0 Å². The van der Waals surface area contributed by atoms with Crippen molar-refractivity contribution in [2.75, 3.05) is 0 Å². The first-order valence-electron chi connectivity index (χ1n) is 20.2. The summed E-state index contributed by atoms with van der Waals surface area (Å²) in [5.41, 5.74) is 16.7. The zero-order valence-corrected chi connectivity index (χ0v) is 32.5. The highest BCUT2D eigenvalue weighted by molar-refractivity contribution is 6.10. The Hall–Kier alpha value is -7.01. The third-order valence-electron chi connectivity index (χ3n) is 12.3.